The highest BCUT2D eigenvalue weighted by Crippen LogP contribution is 2.32. The van der Waals surface area contributed by atoms with E-state index in [1.807, 2.05) is 0 Å². The van der Waals surface area contributed by atoms with Gasteiger partial charge in [-0.1, -0.05) is 12.1 Å². The minimum Gasteiger partial charge on any atom is -0.308 e. The molecule has 0 saturated carbocycles. The van der Waals surface area contributed by atoms with E-state index in [1.54, 1.807) is 6.07 Å². The van der Waals surface area contributed by atoms with Gasteiger partial charge in [0.25, 0.3) is 11.6 Å². The molecule has 0 bridgehead atoms. The van der Waals surface area contributed by atoms with Crippen molar-refractivity contribution < 1.29 is 18.1 Å². The SMILES string of the molecule is C=CCNS(=O)(=O)c1ccc(C(=O)N2CCc3ccc([N+](=O)[O-])cc32)cc1. The summed E-state index contributed by atoms with van der Waals surface area (Å²) >= 11 is 0. The predicted octanol–water partition coefficient (Wildman–Crippen LogP) is 2.26. The van der Waals surface area contributed by atoms with E-state index in [0.717, 1.165) is 5.56 Å². The lowest BCUT2D eigenvalue weighted by Gasteiger charge is -2.17. The van der Waals surface area contributed by atoms with Gasteiger partial charge in [0.2, 0.25) is 10.0 Å². The molecule has 0 aromatic heterocycles. The number of nitrogens with one attached hydrogen (secondary N) is 1. The number of carbonyl (C=O) groups excluding carboxylic acids is 1. The van der Waals surface area contributed by atoms with Crippen molar-refractivity contribution in [3.05, 3.63) is 76.4 Å². The predicted molar refractivity (Wildman–Crippen MR) is 100 cm³/mol. The number of nitro groups is 1. The number of nitro benzene ring substituents is 1. The maximum atomic E-state index is 12.8. The van der Waals surface area contributed by atoms with Crippen molar-refractivity contribution in [3.8, 4) is 0 Å². The summed E-state index contributed by atoms with van der Waals surface area (Å²) in [4.78, 5) is 24.8. The number of hydrogen-bond donors (Lipinski definition) is 1. The Bertz CT molecular complexity index is 1020. The maximum absolute atomic E-state index is 12.8. The molecular formula is C18H17N3O5S. The van der Waals surface area contributed by atoms with Crippen LogP contribution in [0, 0.1) is 10.1 Å². The fourth-order valence-electron chi connectivity index (χ4n) is 2.88. The average molecular weight is 387 g/mol. The minimum atomic E-state index is -3.67. The minimum absolute atomic E-state index is 0.0401. The second-order valence-electron chi connectivity index (χ2n) is 5.94. The number of sulfonamides is 1. The van der Waals surface area contributed by atoms with E-state index >= 15 is 0 Å². The Morgan fingerprint density at radius 3 is 2.59 bits per heavy atom. The molecule has 3 rings (SSSR count). The van der Waals surface area contributed by atoms with Gasteiger partial charge in [0, 0.05) is 30.8 Å². The lowest BCUT2D eigenvalue weighted by Crippen LogP contribution is -2.29. The number of non-ortho nitro benzene ring substituents is 1. The summed E-state index contributed by atoms with van der Waals surface area (Å²) in [7, 11) is -3.67. The first-order valence-corrected chi connectivity index (χ1v) is 9.61. The molecule has 8 nitrogen and oxygen atoms in total. The van der Waals surface area contributed by atoms with Crippen LogP contribution < -0.4 is 9.62 Å². The summed E-state index contributed by atoms with van der Waals surface area (Å²) in [5.41, 5.74) is 1.60. The Balaban J connectivity index is 1.85. The van der Waals surface area contributed by atoms with Crippen LogP contribution in [0.25, 0.3) is 0 Å². The molecule has 0 aliphatic carbocycles. The number of rotatable bonds is 6. The molecule has 0 radical (unpaired) electrons. The van der Waals surface area contributed by atoms with Crippen LogP contribution in [0.4, 0.5) is 11.4 Å². The molecule has 0 atom stereocenters. The van der Waals surface area contributed by atoms with Gasteiger partial charge in [-0.3, -0.25) is 14.9 Å². The zero-order valence-electron chi connectivity index (χ0n) is 14.3. The van der Waals surface area contributed by atoms with Crippen LogP contribution >= 0.6 is 0 Å². The third kappa shape index (κ3) is 3.74. The summed E-state index contributed by atoms with van der Waals surface area (Å²) in [6.45, 7) is 3.97. The molecule has 1 amide bonds. The van der Waals surface area contributed by atoms with Crippen molar-refractivity contribution >= 4 is 27.3 Å². The largest absolute Gasteiger partial charge is 0.308 e. The molecule has 1 aliphatic heterocycles. The van der Waals surface area contributed by atoms with E-state index in [2.05, 4.69) is 11.3 Å². The van der Waals surface area contributed by atoms with Crippen LogP contribution in [0.15, 0.2) is 60.0 Å². The van der Waals surface area contributed by atoms with Crippen LogP contribution in [0.1, 0.15) is 15.9 Å². The van der Waals surface area contributed by atoms with Crippen LogP contribution in [0.5, 0.6) is 0 Å². The van der Waals surface area contributed by atoms with Gasteiger partial charge in [-0.05, 0) is 36.2 Å². The first kappa shape index (κ1) is 18.7. The van der Waals surface area contributed by atoms with E-state index in [9.17, 15) is 23.3 Å². The topological polar surface area (TPSA) is 110 Å². The Morgan fingerprint density at radius 1 is 1.26 bits per heavy atom. The molecule has 1 heterocycles. The van der Waals surface area contributed by atoms with Gasteiger partial charge in [-0.15, -0.1) is 6.58 Å². The first-order chi connectivity index (χ1) is 12.8. The Labute approximate surface area is 156 Å². The Hall–Kier alpha value is -3.04. The van der Waals surface area contributed by atoms with E-state index in [4.69, 9.17) is 0 Å². The van der Waals surface area contributed by atoms with Crippen molar-refractivity contribution in [2.45, 2.75) is 11.3 Å². The third-order valence-corrected chi connectivity index (χ3v) is 5.69. The van der Waals surface area contributed by atoms with Gasteiger partial charge in [0.15, 0.2) is 0 Å². The van der Waals surface area contributed by atoms with E-state index < -0.39 is 14.9 Å². The molecular weight excluding hydrogens is 370 g/mol. The molecule has 9 heteroatoms. The molecule has 0 fully saturated rings. The van der Waals surface area contributed by atoms with Gasteiger partial charge in [-0.25, -0.2) is 13.1 Å². The normalized spacial score (nSPS) is 13.3. The van der Waals surface area contributed by atoms with Crippen molar-refractivity contribution in [1.82, 2.24) is 4.72 Å². The quantitative estimate of drug-likeness (QED) is 0.464. The first-order valence-electron chi connectivity index (χ1n) is 8.13. The highest BCUT2D eigenvalue weighted by Gasteiger charge is 2.27. The summed E-state index contributed by atoms with van der Waals surface area (Å²) in [6.07, 6.45) is 2.04. The molecule has 1 N–H and O–H groups in total. The molecule has 2 aromatic carbocycles. The van der Waals surface area contributed by atoms with Gasteiger partial charge in [0.05, 0.1) is 15.5 Å². The summed E-state index contributed by atoms with van der Waals surface area (Å²) in [5, 5.41) is 11.0. The standard InChI is InChI=1S/C18H17N3O5S/c1-2-10-19-27(25,26)16-7-4-14(5-8-16)18(22)20-11-9-13-3-6-15(21(23)24)12-17(13)20/h2-8,12,19H,1,9-11H2. The van der Waals surface area contributed by atoms with Crippen molar-refractivity contribution in [3.63, 3.8) is 0 Å². The molecule has 140 valence electrons. The lowest BCUT2D eigenvalue weighted by atomic mass is 10.1. The molecule has 1 aliphatic rings. The second-order valence-corrected chi connectivity index (χ2v) is 7.71. The summed E-state index contributed by atoms with van der Waals surface area (Å²) < 4.78 is 26.5. The number of hydrogen-bond acceptors (Lipinski definition) is 5. The number of benzene rings is 2. The Morgan fingerprint density at radius 2 is 1.96 bits per heavy atom. The number of anilines is 1. The van der Waals surface area contributed by atoms with E-state index in [1.165, 1.54) is 47.4 Å². The van der Waals surface area contributed by atoms with E-state index in [0.29, 0.717) is 24.2 Å². The van der Waals surface area contributed by atoms with Crippen molar-refractivity contribution in [2.75, 3.05) is 18.0 Å². The fourth-order valence-corrected chi connectivity index (χ4v) is 3.87. The summed E-state index contributed by atoms with van der Waals surface area (Å²) in [6, 6.07) is 10.0. The third-order valence-electron chi connectivity index (χ3n) is 4.25. The Kier molecular flexibility index (Phi) is 5.06. The molecule has 0 saturated heterocycles. The smallest absolute Gasteiger partial charge is 0.271 e. The fraction of sp³-hybridized carbons (Fsp3) is 0.167. The summed E-state index contributed by atoms with van der Waals surface area (Å²) in [5.74, 6) is -0.336. The lowest BCUT2D eigenvalue weighted by molar-refractivity contribution is -0.384. The molecule has 27 heavy (non-hydrogen) atoms. The van der Waals surface area contributed by atoms with Gasteiger partial charge in [0.1, 0.15) is 0 Å². The number of carbonyl (C=O) groups is 1. The number of nitrogens with zero attached hydrogens (tertiary/aromatic N) is 2. The highest BCUT2D eigenvalue weighted by molar-refractivity contribution is 7.89. The number of amides is 1. The molecule has 0 unspecified atom stereocenters. The van der Waals surface area contributed by atoms with Gasteiger partial charge >= 0.3 is 0 Å². The van der Waals surface area contributed by atoms with Gasteiger partial charge < -0.3 is 4.90 Å². The van der Waals surface area contributed by atoms with Crippen LogP contribution in [0.2, 0.25) is 0 Å². The molecule has 2 aromatic rings. The van der Waals surface area contributed by atoms with Crippen molar-refractivity contribution in [2.24, 2.45) is 0 Å². The molecule has 0 spiro atoms. The van der Waals surface area contributed by atoms with Crippen LogP contribution in [0.3, 0.4) is 0 Å². The van der Waals surface area contributed by atoms with Crippen LogP contribution in [-0.2, 0) is 16.4 Å². The second kappa shape index (κ2) is 7.29. The monoisotopic (exact) mass is 387 g/mol. The van der Waals surface area contributed by atoms with Crippen molar-refractivity contribution in [1.29, 1.82) is 0 Å². The zero-order chi connectivity index (χ0) is 19.6. The van der Waals surface area contributed by atoms with Gasteiger partial charge in [-0.2, -0.15) is 0 Å². The number of fused-ring (bicyclic) bond motifs is 1. The maximum Gasteiger partial charge on any atom is 0.271 e. The van der Waals surface area contributed by atoms with Crippen LogP contribution in [-0.4, -0.2) is 32.3 Å². The highest BCUT2D eigenvalue weighted by atomic mass is 32.2. The average Bonchev–Trinajstić information content (AvgIpc) is 3.09. The van der Waals surface area contributed by atoms with E-state index in [-0.39, 0.29) is 23.0 Å². The zero-order valence-corrected chi connectivity index (χ0v) is 15.1.